The average molecular weight is 268 g/mol. The number of nitriles is 1. The maximum absolute atomic E-state index is 12.1. The number of hydrogen-bond donors (Lipinski definition) is 1. The van der Waals surface area contributed by atoms with Gasteiger partial charge in [0.25, 0.3) is 0 Å². The van der Waals surface area contributed by atoms with Gasteiger partial charge in [0.2, 0.25) is 10.0 Å². The van der Waals surface area contributed by atoms with Crippen LogP contribution in [0, 0.1) is 11.3 Å². The van der Waals surface area contributed by atoms with Crippen LogP contribution in [0.3, 0.4) is 0 Å². The van der Waals surface area contributed by atoms with Crippen LogP contribution in [0.25, 0.3) is 0 Å². The molecule has 98 valence electrons. The molecule has 1 N–H and O–H groups in total. The van der Waals surface area contributed by atoms with Crippen molar-refractivity contribution in [2.24, 2.45) is 0 Å². The van der Waals surface area contributed by atoms with Gasteiger partial charge in [-0.2, -0.15) is 9.57 Å². The third-order valence-electron chi connectivity index (χ3n) is 2.59. The first-order valence-corrected chi connectivity index (χ1v) is 6.95. The van der Waals surface area contributed by atoms with Gasteiger partial charge >= 0.3 is 0 Å². The second-order valence-electron chi connectivity index (χ2n) is 3.98. The number of sulfonamides is 1. The van der Waals surface area contributed by atoms with Crippen LogP contribution in [-0.4, -0.2) is 31.4 Å². The number of benzene rings is 1. The van der Waals surface area contributed by atoms with Crippen LogP contribution in [0.1, 0.15) is 25.0 Å². The largest absolute Gasteiger partial charge is 0.389 e. The van der Waals surface area contributed by atoms with Gasteiger partial charge in [0, 0.05) is 20.0 Å². The monoisotopic (exact) mass is 268 g/mol. The van der Waals surface area contributed by atoms with E-state index in [4.69, 9.17) is 5.26 Å². The third-order valence-corrected chi connectivity index (χ3v) is 4.44. The summed E-state index contributed by atoms with van der Waals surface area (Å²) in [7, 11) is -2.16. The van der Waals surface area contributed by atoms with E-state index in [1.54, 1.807) is 19.1 Å². The Bertz CT molecular complexity index is 547. The van der Waals surface area contributed by atoms with Crippen molar-refractivity contribution in [2.45, 2.75) is 24.3 Å². The van der Waals surface area contributed by atoms with E-state index in [2.05, 4.69) is 0 Å². The molecule has 0 amide bonds. The molecular formula is C12H16N2O3S. The summed E-state index contributed by atoms with van der Waals surface area (Å²) in [5, 5.41) is 17.9. The molecule has 5 nitrogen and oxygen atoms in total. The number of nitrogens with zero attached hydrogens (tertiary/aromatic N) is 2. The highest BCUT2D eigenvalue weighted by molar-refractivity contribution is 7.89. The molecule has 0 radical (unpaired) electrons. The van der Waals surface area contributed by atoms with Crippen LogP contribution in [0.15, 0.2) is 29.2 Å². The summed E-state index contributed by atoms with van der Waals surface area (Å²) >= 11 is 0. The van der Waals surface area contributed by atoms with Gasteiger partial charge in [-0.1, -0.05) is 12.1 Å². The topological polar surface area (TPSA) is 81.4 Å². The lowest BCUT2D eigenvalue weighted by atomic mass is 10.1. The summed E-state index contributed by atoms with van der Waals surface area (Å²) in [6, 6.07) is 8.09. The molecule has 0 saturated carbocycles. The smallest absolute Gasteiger partial charge is 0.242 e. The standard InChI is InChI=1S/C12H16N2O3S/c1-10(15)11-5-3-6-12(9-11)18(16,17)14(2)8-4-7-13/h3,5-6,9-10,15H,4,8H2,1-2H3. The molecule has 6 heteroatoms. The van der Waals surface area contributed by atoms with E-state index in [9.17, 15) is 13.5 Å². The lowest BCUT2D eigenvalue weighted by Crippen LogP contribution is -2.27. The first kappa shape index (κ1) is 14.6. The fraction of sp³-hybridized carbons (Fsp3) is 0.417. The molecule has 0 saturated heterocycles. The first-order chi connectivity index (χ1) is 8.39. The van der Waals surface area contributed by atoms with E-state index < -0.39 is 16.1 Å². The minimum atomic E-state index is -3.60. The molecular weight excluding hydrogens is 252 g/mol. The van der Waals surface area contributed by atoms with Gasteiger partial charge in [-0.05, 0) is 24.6 Å². The Morgan fingerprint density at radius 3 is 2.72 bits per heavy atom. The van der Waals surface area contributed by atoms with Crippen molar-refractivity contribution in [3.05, 3.63) is 29.8 Å². The predicted octanol–water partition coefficient (Wildman–Crippen LogP) is 1.27. The number of rotatable bonds is 5. The van der Waals surface area contributed by atoms with E-state index in [0.29, 0.717) is 5.56 Å². The zero-order chi connectivity index (χ0) is 13.8. The number of hydrogen-bond acceptors (Lipinski definition) is 4. The second-order valence-corrected chi connectivity index (χ2v) is 6.03. The molecule has 1 aromatic carbocycles. The Labute approximate surface area is 107 Å². The molecule has 0 aliphatic heterocycles. The third kappa shape index (κ3) is 3.29. The lowest BCUT2D eigenvalue weighted by molar-refractivity contribution is 0.199. The quantitative estimate of drug-likeness (QED) is 0.872. The van der Waals surface area contributed by atoms with Gasteiger partial charge in [-0.15, -0.1) is 0 Å². The Hall–Kier alpha value is -1.42. The summed E-state index contributed by atoms with van der Waals surface area (Å²) in [5.41, 5.74) is 0.546. The first-order valence-electron chi connectivity index (χ1n) is 5.51. The summed E-state index contributed by atoms with van der Waals surface area (Å²) in [4.78, 5) is 0.126. The van der Waals surface area contributed by atoms with E-state index in [-0.39, 0.29) is 17.9 Å². The van der Waals surface area contributed by atoms with Gasteiger partial charge in [0.15, 0.2) is 0 Å². The molecule has 1 unspecified atom stereocenters. The summed E-state index contributed by atoms with van der Waals surface area (Å²) in [5.74, 6) is 0. The van der Waals surface area contributed by atoms with Crippen molar-refractivity contribution in [3.8, 4) is 6.07 Å². The van der Waals surface area contributed by atoms with Gasteiger partial charge < -0.3 is 5.11 Å². The van der Waals surface area contributed by atoms with Crippen LogP contribution >= 0.6 is 0 Å². The van der Waals surface area contributed by atoms with Gasteiger partial charge in [-0.3, -0.25) is 0 Å². The normalized spacial score (nSPS) is 13.3. The predicted molar refractivity (Wildman–Crippen MR) is 67.1 cm³/mol. The molecule has 0 fully saturated rings. The molecule has 1 rings (SSSR count). The zero-order valence-corrected chi connectivity index (χ0v) is 11.2. The Morgan fingerprint density at radius 2 is 2.17 bits per heavy atom. The van der Waals surface area contributed by atoms with Crippen LogP contribution in [0.2, 0.25) is 0 Å². The Balaban J connectivity index is 3.05. The average Bonchev–Trinajstić information content (AvgIpc) is 2.35. The van der Waals surface area contributed by atoms with Gasteiger partial charge in [0.1, 0.15) is 0 Å². The fourth-order valence-electron chi connectivity index (χ4n) is 1.44. The Morgan fingerprint density at radius 1 is 1.50 bits per heavy atom. The SMILES string of the molecule is CC(O)c1cccc(S(=O)(=O)N(C)CCC#N)c1. The number of aliphatic hydroxyl groups excluding tert-OH is 1. The minimum absolute atomic E-state index is 0.126. The summed E-state index contributed by atoms with van der Waals surface area (Å²) in [6.07, 6.45) is -0.573. The van der Waals surface area contributed by atoms with Crippen molar-refractivity contribution in [1.29, 1.82) is 5.26 Å². The Kier molecular flexibility index (Phi) is 4.84. The zero-order valence-electron chi connectivity index (χ0n) is 10.4. The van der Waals surface area contributed by atoms with Crippen LogP contribution in [0.4, 0.5) is 0 Å². The molecule has 0 aromatic heterocycles. The van der Waals surface area contributed by atoms with Crippen LogP contribution in [-0.2, 0) is 10.0 Å². The maximum atomic E-state index is 12.1. The molecule has 0 heterocycles. The van der Waals surface area contributed by atoms with Crippen molar-refractivity contribution in [1.82, 2.24) is 4.31 Å². The highest BCUT2D eigenvalue weighted by atomic mass is 32.2. The van der Waals surface area contributed by atoms with Gasteiger partial charge in [0.05, 0.1) is 17.1 Å². The maximum Gasteiger partial charge on any atom is 0.242 e. The van der Waals surface area contributed by atoms with E-state index in [1.807, 2.05) is 6.07 Å². The van der Waals surface area contributed by atoms with Crippen molar-refractivity contribution in [3.63, 3.8) is 0 Å². The van der Waals surface area contributed by atoms with Crippen molar-refractivity contribution >= 4 is 10.0 Å². The summed E-state index contributed by atoms with van der Waals surface area (Å²) in [6.45, 7) is 1.73. The molecule has 0 aliphatic rings. The molecule has 0 aliphatic carbocycles. The molecule has 18 heavy (non-hydrogen) atoms. The van der Waals surface area contributed by atoms with E-state index in [1.165, 1.54) is 19.2 Å². The van der Waals surface area contributed by atoms with E-state index in [0.717, 1.165) is 4.31 Å². The van der Waals surface area contributed by atoms with Crippen molar-refractivity contribution < 1.29 is 13.5 Å². The van der Waals surface area contributed by atoms with E-state index >= 15 is 0 Å². The second kappa shape index (κ2) is 5.96. The number of aliphatic hydroxyl groups is 1. The lowest BCUT2D eigenvalue weighted by Gasteiger charge is -2.16. The molecule has 0 spiro atoms. The van der Waals surface area contributed by atoms with Gasteiger partial charge in [-0.25, -0.2) is 8.42 Å². The van der Waals surface area contributed by atoms with Crippen LogP contribution in [0.5, 0.6) is 0 Å². The van der Waals surface area contributed by atoms with Crippen molar-refractivity contribution in [2.75, 3.05) is 13.6 Å². The fourth-order valence-corrected chi connectivity index (χ4v) is 2.67. The minimum Gasteiger partial charge on any atom is -0.389 e. The molecule has 1 atom stereocenters. The summed E-state index contributed by atoms with van der Waals surface area (Å²) < 4.78 is 25.4. The van der Waals surface area contributed by atoms with Crippen LogP contribution < -0.4 is 0 Å². The molecule has 0 bridgehead atoms. The highest BCUT2D eigenvalue weighted by Crippen LogP contribution is 2.19. The molecule has 1 aromatic rings. The highest BCUT2D eigenvalue weighted by Gasteiger charge is 2.20.